The molecular weight excluding hydrogens is 290 g/mol. The Labute approximate surface area is 126 Å². The van der Waals surface area contributed by atoms with Crippen LogP contribution in [-0.4, -0.2) is 22.4 Å². The average Bonchev–Trinajstić information content (AvgIpc) is 2.52. The zero-order valence-electron chi connectivity index (χ0n) is 12.1. The van der Waals surface area contributed by atoms with Crippen molar-refractivity contribution in [3.05, 3.63) is 47.8 Å². The van der Waals surface area contributed by atoms with Crippen molar-refractivity contribution in [1.29, 1.82) is 0 Å². The van der Waals surface area contributed by atoms with Gasteiger partial charge in [-0.1, -0.05) is 13.3 Å². The van der Waals surface area contributed by atoms with E-state index >= 15 is 0 Å². The molecule has 0 saturated heterocycles. The highest BCUT2D eigenvalue weighted by Gasteiger charge is 2.07. The van der Waals surface area contributed by atoms with Crippen LogP contribution in [0.1, 0.15) is 30.1 Å². The summed E-state index contributed by atoms with van der Waals surface area (Å²) < 4.78 is 25.9. The zero-order valence-corrected chi connectivity index (χ0v) is 12.1. The number of aromatic nitrogens is 2. The summed E-state index contributed by atoms with van der Waals surface area (Å²) in [5, 5.41) is 5.48. The Bertz CT molecular complexity index is 646. The van der Waals surface area contributed by atoms with Crippen LogP contribution < -0.4 is 10.6 Å². The SMILES string of the molecule is CCCCNC(=O)c1cnc(Nc2ccc(F)c(F)c2)nc1. The van der Waals surface area contributed by atoms with Crippen molar-refractivity contribution in [1.82, 2.24) is 15.3 Å². The van der Waals surface area contributed by atoms with Gasteiger partial charge in [0.25, 0.3) is 5.91 Å². The summed E-state index contributed by atoms with van der Waals surface area (Å²) in [6.07, 6.45) is 4.64. The predicted molar refractivity (Wildman–Crippen MR) is 78.9 cm³/mol. The van der Waals surface area contributed by atoms with Gasteiger partial charge in [0.1, 0.15) is 0 Å². The van der Waals surface area contributed by atoms with E-state index in [9.17, 15) is 13.6 Å². The van der Waals surface area contributed by atoms with Crippen molar-refractivity contribution >= 4 is 17.5 Å². The molecule has 2 rings (SSSR count). The minimum atomic E-state index is -0.961. The second-order valence-electron chi connectivity index (χ2n) is 4.66. The molecule has 0 unspecified atom stereocenters. The van der Waals surface area contributed by atoms with Gasteiger partial charge in [-0.2, -0.15) is 0 Å². The number of unbranched alkanes of at least 4 members (excludes halogenated alkanes) is 1. The summed E-state index contributed by atoms with van der Waals surface area (Å²) in [4.78, 5) is 19.7. The lowest BCUT2D eigenvalue weighted by Gasteiger charge is -2.06. The van der Waals surface area contributed by atoms with Crippen LogP contribution in [0.5, 0.6) is 0 Å². The number of anilines is 2. The molecule has 22 heavy (non-hydrogen) atoms. The minimum Gasteiger partial charge on any atom is -0.352 e. The Hall–Kier alpha value is -2.57. The van der Waals surface area contributed by atoms with Crippen LogP contribution in [0.25, 0.3) is 0 Å². The fourth-order valence-electron chi connectivity index (χ4n) is 1.69. The van der Waals surface area contributed by atoms with Crippen molar-refractivity contribution in [3.8, 4) is 0 Å². The first kappa shape index (κ1) is 15.8. The third-order valence-electron chi connectivity index (χ3n) is 2.91. The lowest BCUT2D eigenvalue weighted by atomic mass is 10.3. The van der Waals surface area contributed by atoms with E-state index in [0.717, 1.165) is 25.0 Å². The van der Waals surface area contributed by atoms with E-state index in [2.05, 4.69) is 20.6 Å². The second-order valence-corrected chi connectivity index (χ2v) is 4.66. The largest absolute Gasteiger partial charge is 0.352 e. The Balaban J connectivity index is 1.99. The number of nitrogens with zero attached hydrogens (tertiary/aromatic N) is 2. The van der Waals surface area contributed by atoms with Crippen molar-refractivity contribution in [2.75, 3.05) is 11.9 Å². The highest BCUT2D eigenvalue weighted by atomic mass is 19.2. The fraction of sp³-hybridized carbons (Fsp3) is 0.267. The van der Waals surface area contributed by atoms with Gasteiger partial charge in [0.05, 0.1) is 5.56 Å². The topological polar surface area (TPSA) is 66.9 Å². The second kappa shape index (κ2) is 7.44. The zero-order chi connectivity index (χ0) is 15.9. The number of hydrogen-bond acceptors (Lipinski definition) is 4. The Morgan fingerprint density at radius 1 is 1.18 bits per heavy atom. The minimum absolute atomic E-state index is 0.191. The molecule has 1 amide bonds. The molecule has 0 aliphatic carbocycles. The standard InChI is InChI=1S/C15H16F2N4O/c1-2-3-6-18-14(22)10-8-19-15(20-9-10)21-11-4-5-12(16)13(17)7-11/h4-5,7-9H,2-3,6H2,1H3,(H,18,22)(H,19,20,21). The Kier molecular flexibility index (Phi) is 5.35. The number of amides is 1. The summed E-state index contributed by atoms with van der Waals surface area (Å²) in [6, 6.07) is 3.38. The van der Waals surface area contributed by atoms with Crippen LogP contribution in [0.15, 0.2) is 30.6 Å². The quantitative estimate of drug-likeness (QED) is 0.805. The van der Waals surface area contributed by atoms with E-state index in [4.69, 9.17) is 0 Å². The van der Waals surface area contributed by atoms with Gasteiger partial charge in [0.2, 0.25) is 5.95 Å². The molecule has 7 heteroatoms. The highest BCUT2D eigenvalue weighted by Crippen LogP contribution is 2.16. The fourth-order valence-corrected chi connectivity index (χ4v) is 1.69. The van der Waals surface area contributed by atoms with Crippen LogP contribution >= 0.6 is 0 Å². The average molecular weight is 306 g/mol. The normalized spacial score (nSPS) is 10.3. The maximum absolute atomic E-state index is 13.1. The molecule has 0 atom stereocenters. The van der Waals surface area contributed by atoms with Gasteiger partial charge in [-0.05, 0) is 18.6 Å². The smallest absolute Gasteiger partial charge is 0.254 e. The van der Waals surface area contributed by atoms with Gasteiger partial charge in [0.15, 0.2) is 11.6 Å². The van der Waals surface area contributed by atoms with E-state index in [0.29, 0.717) is 17.8 Å². The molecule has 1 heterocycles. The van der Waals surface area contributed by atoms with Crippen molar-refractivity contribution in [2.45, 2.75) is 19.8 Å². The molecule has 0 bridgehead atoms. The molecule has 0 saturated carbocycles. The maximum atomic E-state index is 13.1. The van der Waals surface area contributed by atoms with E-state index in [-0.39, 0.29) is 11.9 Å². The lowest BCUT2D eigenvalue weighted by molar-refractivity contribution is 0.0952. The van der Waals surface area contributed by atoms with Crippen LogP contribution in [0, 0.1) is 11.6 Å². The summed E-state index contributed by atoms with van der Waals surface area (Å²) in [7, 11) is 0. The van der Waals surface area contributed by atoms with Crippen LogP contribution in [-0.2, 0) is 0 Å². The first-order chi connectivity index (χ1) is 10.6. The van der Waals surface area contributed by atoms with Gasteiger partial charge in [-0.25, -0.2) is 18.7 Å². The molecule has 0 spiro atoms. The number of nitrogens with one attached hydrogen (secondary N) is 2. The van der Waals surface area contributed by atoms with Gasteiger partial charge >= 0.3 is 0 Å². The van der Waals surface area contributed by atoms with Gasteiger partial charge < -0.3 is 10.6 Å². The number of halogens is 2. The Morgan fingerprint density at radius 3 is 2.55 bits per heavy atom. The first-order valence-corrected chi connectivity index (χ1v) is 6.92. The van der Waals surface area contributed by atoms with Crippen LogP contribution in [0.2, 0.25) is 0 Å². The van der Waals surface area contributed by atoms with Gasteiger partial charge in [-0.15, -0.1) is 0 Å². The summed E-state index contributed by atoms with van der Waals surface area (Å²) >= 11 is 0. The molecule has 0 aliphatic heterocycles. The van der Waals surface area contributed by atoms with Crippen LogP contribution in [0.3, 0.4) is 0 Å². The third kappa shape index (κ3) is 4.21. The number of hydrogen-bond donors (Lipinski definition) is 2. The van der Waals surface area contributed by atoms with Crippen molar-refractivity contribution in [2.24, 2.45) is 0 Å². The lowest BCUT2D eigenvalue weighted by Crippen LogP contribution is -2.24. The molecule has 0 aliphatic rings. The van der Waals surface area contributed by atoms with Crippen molar-refractivity contribution < 1.29 is 13.6 Å². The monoisotopic (exact) mass is 306 g/mol. The number of carbonyl (C=O) groups excluding carboxylic acids is 1. The molecule has 0 fully saturated rings. The van der Waals surface area contributed by atoms with E-state index in [1.807, 2.05) is 6.92 Å². The maximum Gasteiger partial charge on any atom is 0.254 e. The van der Waals surface area contributed by atoms with E-state index in [1.165, 1.54) is 18.5 Å². The summed E-state index contributed by atoms with van der Waals surface area (Å²) in [5.74, 6) is -1.94. The molecule has 2 N–H and O–H groups in total. The van der Waals surface area contributed by atoms with Crippen molar-refractivity contribution in [3.63, 3.8) is 0 Å². The van der Waals surface area contributed by atoms with E-state index < -0.39 is 11.6 Å². The molecule has 1 aromatic carbocycles. The van der Waals surface area contributed by atoms with Crippen LogP contribution in [0.4, 0.5) is 20.4 Å². The molecular formula is C15H16F2N4O. The predicted octanol–water partition coefficient (Wildman–Crippen LogP) is 3.03. The molecule has 5 nitrogen and oxygen atoms in total. The number of carbonyl (C=O) groups is 1. The van der Waals surface area contributed by atoms with E-state index in [1.54, 1.807) is 0 Å². The third-order valence-corrected chi connectivity index (χ3v) is 2.91. The van der Waals surface area contributed by atoms with Gasteiger partial charge in [0, 0.05) is 30.7 Å². The Morgan fingerprint density at radius 2 is 1.91 bits per heavy atom. The number of rotatable bonds is 6. The highest BCUT2D eigenvalue weighted by molar-refractivity contribution is 5.93. The molecule has 1 aromatic heterocycles. The summed E-state index contributed by atoms with van der Waals surface area (Å²) in [6.45, 7) is 2.64. The summed E-state index contributed by atoms with van der Waals surface area (Å²) in [5.41, 5.74) is 0.658. The van der Waals surface area contributed by atoms with Gasteiger partial charge in [-0.3, -0.25) is 4.79 Å². The number of benzene rings is 1. The first-order valence-electron chi connectivity index (χ1n) is 6.92. The molecule has 116 valence electrons. The molecule has 2 aromatic rings. The molecule has 0 radical (unpaired) electrons.